The molecule has 0 aromatic heterocycles. The van der Waals surface area contributed by atoms with Crippen molar-refractivity contribution in [2.24, 2.45) is 0 Å². The minimum Gasteiger partial charge on any atom is -0.490 e. The molecule has 1 atom stereocenters. The molecule has 0 bridgehead atoms. The fourth-order valence-electron chi connectivity index (χ4n) is 2.65. The van der Waals surface area contributed by atoms with Crippen LogP contribution in [0.25, 0.3) is 0 Å². The Morgan fingerprint density at radius 3 is 2.89 bits per heavy atom. The van der Waals surface area contributed by atoms with Crippen LogP contribution in [0, 0.1) is 0 Å². The first-order valence-electron chi connectivity index (χ1n) is 7.67. The van der Waals surface area contributed by atoms with E-state index in [0.717, 1.165) is 18.7 Å². The van der Waals surface area contributed by atoms with Gasteiger partial charge < -0.3 is 10.1 Å². The zero-order valence-corrected chi connectivity index (χ0v) is 12.5. The molecule has 1 aromatic rings. The maximum Gasteiger partial charge on any atom is 0.123 e. The first-order chi connectivity index (χ1) is 9.15. The molecule has 0 fully saturated rings. The van der Waals surface area contributed by atoms with E-state index in [1.54, 1.807) is 0 Å². The molecule has 1 N–H and O–H groups in total. The zero-order valence-electron chi connectivity index (χ0n) is 12.5. The molecule has 19 heavy (non-hydrogen) atoms. The summed E-state index contributed by atoms with van der Waals surface area (Å²) in [5.41, 5.74) is 2.86. The van der Waals surface area contributed by atoms with Crippen molar-refractivity contribution in [1.29, 1.82) is 0 Å². The summed E-state index contributed by atoms with van der Waals surface area (Å²) < 4.78 is 5.73. The van der Waals surface area contributed by atoms with Gasteiger partial charge in [0.15, 0.2) is 0 Å². The van der Waals surface area contributed by atoms with Crippen molar-refractivity contribution >= 4 is 0 Å². The van der Waals surface area contributed by atoms with Crippen LogP contribution in [0.3, 0.4) is 0 Å². The van der Waals surface area contributed by atoms with Crippen molar-refractivity contribution in [3.63, 3.8) is 0 Å². The average molecular weight is 261 g/mol. The summed E-state index contributed by atoms with van der Waals surface area (Å²) in [6.45, 7) is 7.69. The number of hydrogen-bond acceptors (Lipinski definition) is 2. The van der Waals surface area contributed by atoms with E-state index in [9.17, 15) is 0 Å². The molecule has 106 valence electrons. The Bertz CT molecular complexity index is 400. The van der Waals surface area contributed by atoms with E-state index in [1.165, 1.54) is 36.8 Å². The molecule has 0 radical (unpaired) electrons. The lowest BCUT2D eigenvalue weighted by Crippen LogP contribution is -2.23. The summed E-state index contributed by atoms with van der Waals surface area (Å²) in [5, 5.41) is 3.47. The second kappa shape index (κ2) is 6.95. The highest BCUT2D eigenvalue weighted by Gasteiger charge is 2.18. The molecule has 1 unspecified atom stereocenters. The monoisotopic (exact) mass is 261 g/mol. The van der Waals surface area contributed by atoms with Crippen molar-refractivity contribution in [3.8, 4) is 5.75 Å². The Morgan fingerprint density at radius 1 is 1.26 bits per heavy atom. The summed E-state index contributed by atoms with van der Waals surface area (Å²) in [6, 6.07) is 7.32. The normalized spacial score (nSPS) is 17.6. The number of hydrogen-bond donors (Lipinski definition) is 1. The smallest absolute Gasteiger partial charge is 0.123 e. The van der Waals surface area contributed by atoms with Gasteiger partial charge in [-0.25, -0.2) is 0 Å². The van der Waals surface area contributed by atoms with Gasteiger partial charge in [-0.3, -0.25) is 0 Å². The Balaban J connectivity index is 1.68. The van der Waals surface area contributed by atoms with E-state index in [-0.39, 0.29) is 0 Å². The van der Waals surface area contributed by atoms with E-state index in [0.29, 0.717) is 12.1 Å². The van der Waals surface area contributed by atoms with E-state index < -0.39 is 0 Å². The molecule has 0 aliphatic carbocycles. The van der Waals surface area contributed by atoms with Crippen molar-refractivity contribution in [2.75, 3.05) is 6.54 Å². The Hall–Kier alpha value is -1.02. The molecule has 1 heterocycles. The van der Waals surface area contributed by atoms with E-state index in [1.807, 2.05) is 0 Å². The SMILES string of the molecule is CC(C)NCCCCCc1ccc2c(c1)CC(C)O2. The number of ether oxygens (including phenoxy) is 1. The minimum atomic E-state index is 0.354. The van der Waals surface area contributed by atoms with Crippen molar-refractivity contribution in [2.45, 2.75) is 65.0 Å². The highest BCUT2D eigenvalue weighted by molar-refractivity contribution is 5.40. The van der Waals surface area contributed by atoms with Gasteiger partial charge in [-0.15, -0.1) is 0 Å². The average Bonchev–Trinajstić information content (AvgIpc) is 2.72. The van der Waals surface area contributed by atoms with Gasteiger partial charge in [0.05, 0.1) is 0 Å². The molecule has 1 aliphatic heterocycles. The summed E-state index contributed by atoms with van der Waals surface area (Å²) in [7, 11) is 0. The van der Waals surface area contributed by atoms with Crippen LogP contribution >= 0.6 is 0 Å². The second-order valence-electron chi connectivity index (χ2n) is 5.99. The Kier molecular flexibility index (Phi) is 5.26. The van der Waals surface area contributed by atoms with Gasteiger partial charge >= 0.3 is 0 Å². The van der Waals surface area contributed by atoms with Gasteiger partial charge in [-0.1, -0.05) is 32.4 Å². The number of benzene rings is 1. The third kappa shape index (κ3) is 4.54. The van der Waals surface area contributed by atoms with Crippen LogP contribution in [0.1, 0.15) is 51.2 Å². The van der Waals surface area contributed by atoms with Crippen LogP contribution in [-0.2, 0) is 12.8 Å². The molecule has 1 aliphatic rings. The quantitative estimate of drug-likeness (QED) is 0.755. The fraction of sp³-hybridized carbons (Fsp3) is 0.647. The van der Waals surface area contributed by atoms with Gasteiger partial charge in [0.1, 0.15) is 11.9 Å². The second-order valence-corrected chi connectivity index (χ2v) is 5.99. The summed E-state index contributed by atoms with van der Waals surface area (Å²) >= 11 is 0. The molecule has 2 heteroatoms. The molecular weight excluding hydrogens is 234 g/mol. The molecule has 0 saturated carbocycles. The fourth-order valence-corrected chi connectivity index (χ4v) is 2.65. The Labute approximate surface area is 117 Å². The van der Waals surface area contributed by atoms with Gasteiger partial charge in [0.2, 0.25) is 0 Å². The lowest BCUT2D eigenvalue weighted by molar-refractivity contribution is 0.254. The number of nitrogens with one attached hydrogen (secondary N) is 1. The van der Waals surface area contributed by atoms with Crippen LogP contribution < -0.4 is 10.1 Å². The highest BCUT2D eigenvalue weighted by Crippen LogP contribution is 2.29. The van der Waals surface area contributed by atoms with Crippen molar-refractivity contribution < 1.29 is 4.74 Å². The minimum absolute atomic E-state index is 0.354. The zero-order chi connectivity index (χ0) is 13.7. The van der Waals surface area contributed by atoms with Crippen LogP contribution in [0.4, 0.5) is 0 Å². The largest absolute Gasteiger partial charge is 0.490 e. The molecule has 2 nitrogen and oxygen atoms in total. The van der Waals surface area contributed by atoms with Crippen LogP contribution in [-0.4, -0.2) is 18.7 Å². The van der Waals surface area contributed by atoms with E-state index >= 15 is 0 Å². The topological polar surface area (TPSA) is 21.3 Å². The van der Waals surface area contributed by atoms with E-state index in [2.05, 4.69) is 44.3 Å². The van der Waals surface area contributed by atoms with Crippen LogP contribution in [0.2, 0.25) is 0 Å². The number of aryl methyl sites for hydroxylation is 1. The number of fused-ring (bicyclic) bond motifs is 1. The number of unbranched alkanes of at least 4 members (excludes halogenated alkanes) is 2. The van der Waals surface area contributed by atoms with Gasteiger partial charge in [-0.2, -0.15) is 0 Å². The highest BCUT2D eigenvalue weighted by atomic mass is 16.5. The van der Waals surface area contributed by atoms with E-state index in [4.69, 9.17) is 4.74 Å². The standard InChI is InChI=1S/C17H27NO/c1-13(2)18-10-6-4-5-7-15-8-9-17-16(12-15)11-14(3)19-17/h8-9,12-14,18H,4-7,10-11H2,1-3H3. The molecule has 0 spiro atoms. The maximum absolute atomic E-state index is 5.73. The summed E-state index contributed by atoms with van der Waals surface area (Å²) in [6.07, 6.45) is 6.50. The predicted molar refractivity (Wildman–Crippen MR) is 80.9 cm³/mol. The summed E-state index contributed by atoms with van der Waals surface area (Å²) in [4.78, 5) is 0. The van der Waals surface area contributed by atoms with Crippen LogP contribution in [0.15, 0.2) is 18.2 Å². The van der Waals surface area contributed by atoms with Crippen LogP contribution in [0.5, 0.6) is 5.75 Å². The van der Waals surface area contributed by atoms with Crippen molar-refractivity contribution in [3.05, 3.63) is 29.3 Å². The van der Waals surface area contributed by atoms with Gasteiger partial charge in [0, 0.05) is 12.5 Å². The maximum atomic E-state index is 5.73. The summed E-state index contributed by atoms with van der Waals surface area (Å²) in [5.74, 6) is 1.09. The third-order valence-corrected chi connectivity index (χ3v) is 3.66. The Morgan fingerprint density at radius 2 is 2.11 bits per heavy atom. The first-order valence-corrected chi connectivity index (χ1v) is 7.67. The predicted octanol–water partition coefficient (Wildman–Crippen LogP) is 3.72. The third-order valence-electron chi connectivity index (χ3n) is 3.66. The molecule has 2 rings (SSSR count). The molecule has 0 saturated heterocycles. The number of rotatable bonds is 7. The van der Waals surface area contributed by atoms with Crippen molar-refractivity contribution in [1.82, 2.24) is 5.32 Å². The first kappa shape index (κ1) is 14.4. The van der Waals surface area contributed by atoms with Gasteiger partial charge in [-0.05, 0) is 49.9 Å². The lowest BCUT2D eigenvalue weighted by atomic mass is 10.0. The molecule has 1 aromatic carbocycles. The van der Waals surface area contributed by atoms with Gasteiger partial charge in [0.25, 0.3) is 0 Å². The lowest BCUT2D eigenvalue weighted by Gasteiger charge is -2.08. The molecule has 0 amide bonds. The molecular formula is C17H27NO.